The second kappa shape index (κ2) is 9.03. The third-order valence-corrected chi connectivity index (χ3v) is 4.54. The lowest BCUT2D eigenvalue weighted by molar-refractivity contribution is -0.105. The summed E-state index contributed by atoms with van der Waals surface area (Å²) in [5.41, 5.74) is 2.93. The molecule has 1 aliphatic heterocycles. The van der Waals surface area contributed by atoms with Crippen LogP contribution in [0.3, 0.4) is 0 Å². The van der Waals surface area contributed by atoms with E-state index in [-0.39, 0.29) is 12.9 Å². The van der Waals surface area contributed by atoms with Gasteiger partial charge in [-0.25, -0.2) is 0 Å². The van der Waals surface area contributed by atoms with Gasteiger partial charge in [-0.15, -0.1) is 0 Å². The first kappa shape index (κ1) is 18.7. The lowest BCUT2D eigenvalue weighted by Gasteiger charge is -2.23. The van der Waals surface area contributed by atoms with Gasteiger partial charge >= 0.3 is 0 Å². The highest BCUT2D eigenvalue weighted by Gasteiger charge is 2.15. The molecule has 140 valence electrons. The maximum absolute atomic E-state index is 9.75. The molecule has 5 nitrogen and oxygen atoms in total. The van der Waals surface area contributed by atoms with Crippen LogP contribution in [0.2, 0.25) is 0 Å². The van der Waals surface area contributed by atoms with Crippen LogP contribution in [0.5, 0.6) is 11.5 Å². The topological polar surface area (TPSA) is 68.2 Å². The van der Waals surface area contributed by atoms with Crippen LogP contribution in [-0.4, -0.2) is 42.9 Å². The first-order valence-corrected chi connectivity index (χ1v) is 9.04. The highest BCUT2D eigenvalue weighted by molar-refractivity contribution is 5.66. The third kappa shape index (κ3) is 4.75. The quantitative estimate of drug-likeness (QED) is 0.796. The Bertz CT molecular complexity index is 692. The van der Waals surface area contributed by atoms with Crippen LogP contribution in [0.1, 0.15) is 24.8 Å². The molecule has 0 bridgehead atoms. The molecule has 1 saturated heterocycles. The van der Waals surface area contributed by atoms with Crippen molar-refractivity contribution in [2.45, 2.75) is 38.1 Å². The summed E-state index contributed by atoms with van der Waals surface area (Å²) in [6.07, 6.45) is 2.55. The second-order valence-electron chi connectivity index (χ2n) is 6.51. The number of methoxy groups -OCH3 is 1. The molecule has 1 heterocycles. The summed E-state index contributed by atoms with van der Waals surface area (Å²) in [5.74, 6) is 1.50. The van der Waals surface area contributed by atoms with Crippen LogP contribution in [-0.2, 0) is 11.2 Å². The van der Waals surface area contributed by atoms with E-state index in [0.29, 0.717) is 12.2 Å². The van der Waals surface area contributed by atoms with Crippen molar-refractivity contribution < 1.29 is 24.4 Å². The van der Waals surface area contributed by atoms with Crippen LogP contribution in [0.25, 0.3) is 11.1 Å². The standard InChI is InChI=1S/C21H26O5/c1-24-20-10-7-16(12-17(20)13-18(23)14-22)15-5-8-19(9-6-15)26-21-4-2-3-11-25-21/h5-10,12,18,21-23H,2-4,11,13-14H2,1H3. The summed E-state index contributed by atoms with van der Waals surface area (Å²) in [4.78, 5) is 0. The Kier molecular flexibility index (Phi) is 6.50. The number of benzene rings is 2. The molecule has 2 aromatic carbocycles. The van der Waals surface area contributed by atoms with E-state index in [0.717, 1.165) is 48.3 Å². The predicted octanol–water partition coefficient (Wildman–Crippen LogP) is 3.16. The molecule has 2 aromatic rings. The summed E-state index contributed by atoms with van der Waals surface area (Å²) < 4.78 is 16.8. The van der Waals surface area contributed by atoms with Gasteiger partial charge in [-0.05, 0) is 53.8 Å². The van der Waals surface area contributed by atoms with Gasteiger partial charge in [-0.1, -0.05) is 18.2 Å². The molecule has 1 fully saturated rings. The average molecular weight is 358 g/mol. The fourth-order valence-corrected chi connectivity index (χ4v) is 3.12. The minimum absolute atomic E-state index is 0.151. The largest absolute Gasteiger partial charge is 0.496 e. The number of aliphatic hydroxyl groups is 2. The smallest absolute Gasteiger partial charge is 0.199 e. The van der Waals surface area contributed by atoms with E-state index in [1.165, 1.54) is 0 Å². The minimum atomic E-state index is -0.801. The van der Waals surface area contributed by atoms with Gasteiger partial charge in [0.2, 0.25) is 0 Å². The first-order chi connectivity index (χ1) is 12.7. The Morgan fingerprint density at radius 2 is 1.88 bits per heavy atom. The Hall–Kier alpha value is -2.08. The van der Waals surface area contributed by atoms with Crippen molar-refractivity contribution >= 4 is 0 Å². The van der Waals surface area contributed by atoms with E-state index in [1.807, 2.05) is 42.5 Å². The molecule has 0 aromatic heterocycles. The molecule has 0 spiro atoms. The molecule has 3 rings (SSSR count). The van der Waals surface area contributed by atoms with Crippen LogP contribution in [0.4, 0.5) is 0 Å². The van der Waals surface area contributed by atoms with Gasteiger partial charge in [0.05, 0.1) is 26.4 Å². The van der Waals surface area contributed by atoms with Crippen molar-refractivity contribution in [3.8, 4) is 22.6 Å². The zero-order valence-electron chi connectivity index (χ0n) is 15.1. The maximum Gasteiger partial charge on any atom is 0.199 e. The van der Waals surface area contributed by atoms with Gasteiger partial charge in [-0.2, -0.15) is 0 Å². The van der Waals surface area contributed by atoms with Crippen LogP contribution < -0.4 is 9.47 Å². The molecule has 1 aliphatic rings. The van der Waals surface area contributed by atoms with E-state index in [4.69, 9.17) is 19.3 Å². The second-order valence-corrected chi connectivity index (χ2v) is 6.51. The van der Waals surface area contributed by atoms with E-state index in [1.54, 1.807) is 7.11 Å². The highest BCUT2D eigenvalue weighted by Crippen LogP contribution is 2.29. The van der Waals surface area contributed by atoms with E-state index in [9.17, 15) is 5.11 Å². The zero-order valence-corrected chi connectivity index (χ0v) is 15.1. The monoisotopic (exact) mass is 358 g/mol. The summed E-state index contributed by atoms with van der Waals surface area (Å²) in [5, 5.41) is 18.8. The summed E-state index contributed by atoms with van der Waals surface area (Å²) >= 11 is 0. The normalized spacial score (nSPS) is 18.3. The Morgan fingerprint density at radius 1 is 1.12 bits per heavy atom. The van der Waals surface area contributed by atoms with Gasteiger partial charge in [0, 0.05) is 12.8 Å². The van der Waals surface area contributed by atoms with Crippen molar-refractivity contribution in [2.24, 2.45) is 0 Å². The van der Waals surface area contributed by atoms with Gasteiger partial charge in [0.25, 0.3) is 0 Å². The van der Waals surface area contributed by atoms with E-state index in [2.05, 4.69) is 0 Å². The van der Waals surface area contributed by atoms with Crippen molar-refractivity contribution in [3.63, 3.8) is 0 Å². The fraction of sp³-hybridized carbons (Fsp3) is 0.429. The number of rotatable bonds is 7. The Morgan fingerprint density at radius 3 is 2.54 bits per heavy atom. The van der Waals surface area contributed by atoms with Crippen molar-refractivity contribution in [1.29, 1.82) is 0 Å². The number of aliphatic hydroxyl groups excluding tert-OH is 2. The molecule has 0 radical (unpaired) electrons. The lowest BCUT2D eigenvalue weighted by atomic mass is 9.99. The Labute approximate surface area is 154 Å². The molecule has 0 saturated carbocycles. The van der Waals surface area contributed by atoms with Crippen molar-refractivity contribution in [2.75, 3.05) is 20.3 Å². The average Bonchev–Trinajstić information content (AvgIpc) is 2.69. The maximum atomic E-state index is 9.75. The fourth-order valence-electron chi connectivity index (χ4n) is 3.12. The molecule has 0 aliphatic carbocycles. The third-order valence-electron chi connectivity index (χ3n) is 4.54. The van der Waals surface area contributed by atoms with Crippen LogP contribution in [0.15, 0.2) is 42.5 Å². The van der Waals surface area contributed by atoms with Crippen LogP contribution in [0, 0.1) is 0 Å². The predicted molar refractivity (Wildman–Crippen MR) is 99.4 cm³/mol. The number of ether oxygens (including phenoxy) is 3. The van der Waals surface area contributed by atoms with Gasteiger partial charge in [0.1, 0.15) is 11.5 Å². The minimum Gasteiger partial charge on any atom is -0.496 e. The molecule has 2 N–H and O–H groups in total. The highest BCUT2D eigenvalue weighted by atomic mass is 16.7. The molecule has 26 heavy (non-hydrogen) atoms. The van der Waals surface area contributed by atoms with Crippen molar-refractivity contribution in [1.82, 2.24) is 0 Å². The number of hydrogen-bond acceptors (Lipinski definition) is 5. The van der Waals surface area contributed by atoms with Gasteiger partial charge in [0.15, 0.2) is 6.29 Å². The molecule has 5 heteroatoms. The molecular weight excluding hydrogens is 332 g/mol. The molecule has 2 atom stereocenters. The lowest BCUT2D eigenvalue weighted by Crippen LogP contribution is -2.24. The van der Waals surface area contributed by atoms with E-state index < -0.39 is 6.10 Å². The molecule has 2 unspecified atom stereocenters. The van der Waals surface area contributed by atoms with Gasteiger partial charge < -0.3 is 24.4 Å². The van der Waals surface area contributed by atoms with Gasteiger partial charge in [-0.3, -0.25) is 0 Å². The zero-order chi connectivity index (χ0) is 18.4. The van der Waals surface area contributed by atoms with E-state index >= 15 is 0 Å². The first-order valence-electron chi connectivity index (χ1n) is 9.04. The summed E-state index contributed by atoms with van der Waals surface area (Å²) in [6, 6.07) is 13.7. The SMILES string of the molecule is COc1ccc(-c2ccc(OC3CCCCO3)cc2)cc1CC(O)CO. The van der Waals surface area contributed by atoms with Crippen molar-refractivity contribution in [3.05, 3.63) is 48.0 Å². The molecular formula is C21H26O5. The Balaban J connectivity index is 1.74. The summed E-state index contributed by atoms with van der Waals surface area (Å²) in [7, 11) is 1.60. The molecule has 0 amide bonds. The van der Waals surface area contributed by atoms with Crippen LogP contribution >= 0.6 is 0 Å². The summed E-state index contributed by atoms with van der Waals surface area (Å²) in [6.45, 7) is 0.486. The number of hydrogen-bond donors (Lipinski definition) is 2.